The third-order valence-electron chi connectivity index (χ3n) is 4.69. The number of terminal acetylenes is 1. The van der Waals surface area contributed by atoms with Crippen LogP contribution in [0.25, 0.3) is 0 Å². The Morgan fingerprint density at radius 2 is 1.96 bits per heavy atom. The van der Waals surface area contributed by atoms with Gasteiger partial charge in [0, 0.05) is 31.1 Å². The number of nitrogens with zero attached hydrogens (tertiary/aromatic N) is 3. The number of hydrogen-bond donors (Lipinski definition) is 4. The quantitative estimate of drug-likeness (QED) is 0.530. The zero-order chi connectivity index (χ0) is 18.9. The lowest BCUT2D eigenvalue weighted by molar-refractivity contribution is 0.288. The smallest absolute Gasteiger partial charge is 0.150 e. The van der Waals surface area contributed by atoms with Gasteiger partial charge < -0.3 is 21.1 Å². The van der Waals surface area contributed by atoms with Crippen LogP contribution in [0.2, 0.25) is 0 Å². The van der Waals surface area contributed by atoms with E-state index >= 15 is 0 Å². The van der Waals surface area contributed by atoms with E-state index in [0.717, 1.165) is 43.7 Å². The fraction of sp³-hybridized carbons (Fsp3) is 0.450. The highest BCUT2D eigenvalue weighted by Crippen LogP contribution is 2.23. The summed E-state index contributed by atoms with van der Waals surface area (Å²) in [5.41, 5.74) is 2.65. The van der Waals surface area contributed by atoms with Gasteiger partial charge in [0.25, 0.3) is 0 Å². The van der Waals surface area contributed by atoms with Crippen molar-refractivity contribution in [2.45, 2.75) is 25.7 Å². The van der Waals surface area contributed by atoms with Gasteiger partial charge in [-0.15, -0.1) is 6.42 Å². The molecule has 1 saturated heterocycles. The number of aliphatic hydroxyl groups is 1. The minimum absolute atomic E-state index is 0.171. The first-order valence-electron chi connectivity index (χ1n) is 9.38. The van der Waals surface area contributed by atoms with Crippen molar-refractivity contribution >= 4 is 17.3 Å². The summed E-state index contributed by atoms with van der Waals surface area (Å²) in [4.78, 5) is 12.9. The van der Waals surface area contributed by atoms with Crippen molar-refractivity contribution in [3.05, 3.63) is 35.9 Å². The topological polar surface area (TPSA) is 95.0 Å². The number of aliphatic hydroxyl groups excluding tert-OH is 1. The lowest BCUT2D eigenvalue weighted by atomic mass is 9.98. The van der Waals surface area contributed by atoms with Gasteiger partial charge in [-0.3, -0.25) is 0 Å². The summed E-state index contributed by atoms with van der Waals surface area (Å²) in [5, 5.41) is 19.3. The van der Waals surface area contributed by atoms with Crippen molar-refractivity contribution in [3.63, 3.8) is 0 Å². The van der Waals surface area contributed by atoms with Crippen LogP contribution >= 0.6 is 0 Å². The standard InChI is InChI=1S/C20H26N6O/c1-2-17-13-25-20(14-22-17)26-19-10-18(16(12-24-19)4-3-9-27)23-11-15-5-7-21-8-6-15/h1,10,12-15,21,27H,3-9,11H2,(H2,23,24,25,26). The number of hydrogen-bond acceptors (Lipinski definition) is 7. The van der Waals surface area contributed by atoms with Gasteiger partial charge >= 0.3 is 0 Å². The van der Waals surface area contributed by atoms with E-state index in [-0.39, 0.29) is 6.61 Å². The van der Waals surface area contributed by atoms with Crippen LogP contribution in [0.5, 0.6) is 0 Å². The van der Waals surface area contributed by atoms with Crippen molar-refractivity contribution in [2.75, 3.05) is 36.9 Å². The number of aromatic nitrogens is 3. The van der Waals surface area contributed by atoms with Crippen molar-refractivity contribution in [1.82, 2.24) is 20.3 Å². The molecule has 7 nitrogen and oxygen atoms in total. The molecular formula is C20H26N6O. The van der Waals surface area contributed by atoms with Crippen molar-refractivity contribution in [3.8, 4) is 12.3 Å². The summed E-state index contributed by atoms with van der Waals surface area (Å²) in [6, 6.07) is 1.99. The molecular weight excluding hydrogens is 340 g/mol. The van der Waals surface area contributed by atoms with Crippen LogP contribution in [-0.4, -0.2) is 46.3 Å². The summed E-state index contributed by atoms with van der Waals surface area (Å²) >= 11 is 0. The summed E-state index contributed by atoms with van der Waals surface area (Å²) in [7, 11) is 0. The van der Waals surface area contributed by atoms with Crippen molar-refractivity contribution in [1.29, 1.82) is 0 Å². The monoisotopic (exact) mass is 366 g/mol. The fourth-order valence-electron chi connectivity index (χ4n) is 3.12. The SMILES string of the molecule is C#Cc1cnc(Nc2cc(NCC3CCNCC3)c(CCCO)cn2)cn1. The van der Waals surface area contributed by atoms with Gasteiger partial charge in [-0.25, -0.2) is 15.0 Å². The van der Waals surface area contributed by atoms with Gasteiger partial charge in [-0.1, -0.05) is 0 Å². The van der Waals surface area contributed by atoms with Crippen LogP contribution in [0.15, 0.2) is 24.7 Å². The highest BCUT2D eigenvalue weighted by Gasteiger charge is 2.14. The molecule has 0 amide bonds. The van der Waals surface area contributed by atoms with Gasteiger partial charge in [0.2, 0.25) is 0 Å². The Kier molecular flexibility index (Phi) is 6.97. The Morgan fingerprint density at radius 1 is 1.15 bits per heavy atom. The van der Waals surface area contributed by atoms with Crippen LogP contribution in [0.4, 0.5) is 17.3 Å². The zero-order valence-corrected chi connectivity index (χ0v) is 15.4. The average molecular weight is 366 g/mol. The average Bonchev–Trinajstić information content (AvgIpc) is 2.73. The van der Waals surface area contributed by atoms with Gasteiger partial charge in [-0.05, 0) is 56.2 Å². The molecule has 0 atom stereocenters. The van der Waals surface area contributed by atoms with Crippen LogP contribution in [0.3, 0.4) is 0 Å². The summed E-state index contributed by atoms with van der Waals surface area (Å²) < 4.78 is 0. The predicted molar refractivity (Wildman–Crippen MR) is 107 cm³/mol. The van der Waals surface area contributed by atoms with E-state index in [1.54, 1.807) is 12.4 Å². The van der Waals surface area contributed by atoms with Crippen molar-refractivity contribution < 1.29 is 5.11 Å². The first kappa shape index (κ1) is 19.1. The highest BCUT2D eigenvalue weighted by molar-refractivity contribution is 5.61. The lowest BCUT2D eigenvalue weighted by Crippen LogP contribution is -2.31. The molecule has 7 heteroatoms. The van der Waals surface area contributed by atoms with E-state index in [2.05, 4.69) is 36.8 Å². The number of pyridine rings is 1. The molecule has 0 spiro atoms. The Balaban J connectivity index is 1.71. The van der Waals surface area contributed by atoms with Crippen LogP contribution in [0, 0.1) is 18.3 Å². The van der Waals surface area contributed by atoms with E-state index < -0.39 is 0 Å². The summed E-state index contributed by atoms with van der Waals surface area (Å²) in [6.07, 6.45) is 14.2. The third-order valence-corrected chi connectivity index (χ3v) is 4.69. The van der Waals surface area contributed by atoms with E-state index in [1.807, 2.05) is 12.3 Å². The normalized spacial score (nSPS) is 14.5. The molecule has 142 valence electrons. The molecule has 0 unspecified atom stereocenters. The first-order chi connectivity index (χ1) is 13.3. The molecule has 0 bridgehead atoms. The maximum atomic E-state index is 9.16. The molecule has 0 aliphatic carbocycles. The third kappa shape index (κ3) is 5.64. The second kappa shape index (κ2) is 9.86. The van der Waals surface area contributed by atoms with Gasteiger partial charge in [-0.2, -0.15) is 0 Å². The minimum Gasteiger partial charge on any atom is -0.396 e. The highest BCUT2D eigenvalue weighted by atomic mass is 16.2. The molecule has 0 aromatic carbocycles. The van der Waals surface area contributed by atoms with E-state index in [1.165, 1.54) is 12.8 Å². The molecule has 1 fully saturated rings. The largest absolute Gasteiger partial charge is 0.396 e. The second-order valence-corrected chi connectivity index (χ2v) is 6.68. The first-order valence-corrected chi connectivity index (χ1v) is 9.38. The zero-order valence-electron chi connectivity index (χ0n) is 15.4. The minimum atomic E-state index is 0.171. The number of rotatable bonds is 8. The van der Waals surface area contributed by atoms with Crippen LogP contribution < -0.4 is 16.0 Å². The molecule has 3 rings (SSSR count). The van der Waals surface area contributed by atoms with E-state index in [0.29, 0.717) is 23.2 Å². The van der Waals surface area contributed by atoms with Gasteiger partial charge in [0.1, 0.15) is 17.3 Å². The molecule has 2 aromatic rings. The molecule has 0 radical (unpaired) electrons. The summed E-state index contributed by atoms with van der Waals surface area (Å²) in [6.45, 7) is 3.27. The fourth-order valence-corrected chi connectivity index (χ4v) is 3.12. The predicted octanol–water partition coefficient (Wildman–Crippen LogP) is 1.93. The lowest BCUT2D eigenvalue weighted by Gasteiger charge is -2.24. The Bertz CT molecular complexity index is 765. The van der Waals surface area contributed by atoms with Crippen molar-refractivity contribution in [2.24, 2.45) is 5.92 Å². The van der Waals surface area contributed by atoms with Crippen LogP contribution in [0.1, 0.15) is 30.5 Å². The van der Waals surface area contributed by atoms with Gasteiger partial charge in [0.15, 0.2) is 0 Å². The number of aryl methyl sites for hydroxylation is 1. The molecule has 4 N–H and O–H groups in total. The Hall–Kier alpha value is -2.69. The maximum Gasteiger partial charge on any atom is 0.150 e. The molecule has 2 aromatic heterocycles. The number of anilines is 3. The number of nitrogens with one attached hydrogen (secondary N) is 3. The van der Waals surface area contributed by atoms with E-state index in [9.17, 15) is 0 Å². The molecule has 0 saturated carbocycles. The Morgan fingerprint density at radius 3 is 2.67 bits per heavy atom. The second-order valence-electron chi connectivity index (χ2n) is 6.68. The van der Waals surface area contributed by atoms with E-state index in [4.69, 9.17) is 11.5 Å². The van der Waals surface area contributed by atoms with Crippen LogP contribution in [-0.2, 0) is 6.42 Å². The molecule has 1 aliphatic rings. The molecule has 3 heterocycles. The maximum absolute atomic E-state index is 9.16. The Labute approximate surface area is 160 Å². The molecule has 27 heavy (non-hydrogen) atoms. The number of piperidine rings is 1. The van der Waals surface area contributed by atoms with Gasteiger partial charge in [0.05, 0.1) is 12.4 Å². The summed E-state index contributed by atoms with van der Waals surface area (Å²) in [5.74, 6) is 4.40. The molecule has 1 aliphatic heterocycles.